The average Bonchev–Trinajstić information content (AvgIpc) is 3.11. The van der Waals surface area contributed by atoms with E-state index in [9.17, 15) is 5.26 Å². The van der Waals surface area contributed by atoms with Gasteiger partial charge < -0.3 is 10.2 Å². The van der Waals surface area contributed by atoms with E-state index >= 15 is 0 Å². The Balaban J connectivity index is 1.81. The van der Waals surface area contributed by atoms with Crippen molar-refractivity contribution < 1.29 is 0 Å². The highest BCUT2D eigenvalue weighted by molar-refractivity contribution is 6.30. The van der Waals surface area contributed by atoms with Crippen LogP contribution < -0.4 is 10.2 Å². The van der Waals surface area contributed by atoms with E-state index in [1.165, 1.54) is 25.7 Å². The van der Waals surface area contributed by atoms with Crippen molar-refractivity contribution in [2.24, 2.45) is 5.92 Å². The molecule has 1 heterocycles. The fourth-order valence-electron chi connectivity index (χ4n) is 2.94. The molecule has 1 aliphatic heterocycles. The van der Waals surface area contributed by atoms with E-state index < -0.39 is 0 Å². The molecule has 1 saturated heterocycles. The van der Waals surface area contributed by atoms with Crippen LogP contribution in [0.3, 0.4) is 0 Å². The molecule has 0 spiro atoms. The topological polar surface area (TPSA) is 39.1 Å². The number of nitrogens with one attached hydrogen (secondary N) is 1. The van der Waals surface area contributed by atoms with Gasteiger partial charge in [-0.15, -0.1) is 0 Å². The van der Waals surface area contributed by atoms with Gasteiger partial charge in [-0.25, -0.2) is 0 Å². The third-order valence-corrected chi connectivity index (χ3v) is 4.43. The highest BCUT2D eigenvalue weighted by Gasteiger charge is 2.27. The van der Waals surface area contributed by atoms with Gasteiger partial charge in [-0.3, -0.25) is 0 Å². The van der Waals surface area contributed by atoms with Gasteiger partial charge in [0.1, 0.15) is 6.07 Å². The van der Waals surface area contributed by atoms with Crippen LogP contribution in [0, 0.1) is 17.2 Å². The Morgan fingerprint density at radius 2 is 2.15 bits per heavy atom. The van der Waals surface area contributed by atoms with Crippen LogP contribution in [0.25, 0.3) is 0 Å². The molecule has 2 fully saturated rings. The van der Waals surface area contributed by atoms with Crippen molar-refractivity contribution in [3.63, 3.8) is 0 Å². The Bertz CT molecular complexity index is 513. The zero-order valence-electron chi connectivity index (χ0n) is 11.6. The lowest BCUT2D eigenvalue weighted by Crippen LogP contribution is -2.39. The van der Waals surface area contributed by atoms with E-state index in [4.69, 9.17) is 11.6 Å². The third-order valence-electron chi connectivity index (χ3n) is 4.20. The van der Waals surface area contributed by atoms with Crippen molar-refractivity contribution in [3.8, 4) is 6.07 Å². The molecule has 4 heteroatoms. The molecule has 1 N–H and O–H groups in total. The second kappa shape index (κ2) is 6.03. The quantitative estimate of drug-likeness (QED) is 0.905. The van der Waals surface area contributed by atoms with Crippen molar-refractivity contribution in [2.75, 3.05) is 24.5 Å². The SMILES string of the molecule is N#Cc1cc(Cl)ccc1N(CC1CC1)CC1CCCN1. The van der Waals surface area contributed by atoms with Crippen molar-refractivity contribution >= 4 is 17.3 Å². The summed E-state index contributed by atoms with van der Waals surface area (Å²) in [6.45, 7) is 3.18. The first-order valence-corrected chi connectivity index (χ1v) is 7.82. The number of nitrogens with zero attached hydrogens (tertiary/aromatic N) is 2. The summed E-state index contributed by atoms with van der Waals surface area (Å²) >= 11 is 6.01. The molecule has 0 radical (unpaired) electrons. The van der Waals surface area contributed by atoms with E-state index in [1.54, 1.807) is 6.07 Å². The molecule has 0 aromatic heterocycles. The standard InChI is InChI=1S/C16H20ClN3/c17-14-5-6-16(13(8-14)9-18)20(10-12-3-4-12)11-15-2-1-7-19-15/h5-6,8,12,15,19H,1-4,7,10-11H2. The highest BCUT2D eigenvalue weighted by Crippen LogP contribution is 2.33. The molecule has 106 valence electrons. The minimum absolute atomic E-state index is 0.552. The Morgan fingerprint density at radius 3 is 2.80 bits per heavy atom. The van der Waals surface area contributed by atoms with Crippen molar-refractivity contribution in [2.45, 2.75) is 31.7 Å². The first kappa shape index (κ1) is 13.7. The molecule has 1 unspecified atom stereocenters. The molecule has 3 nitrogen and oxygen atoms in total. The van der Waals surface area contributed by atoms with Crippen molar-refractivity contribution in [1.82, 2.24) is 5.32 Å². The zero-order valence-corrected chi connectivity index (χ0v) is 12.4. The first-order valence-electron chi connectivity index (χ1n) is 7.44. The molecule has 1 aromatic rings. The number of hydrogen-bond donors (Lipinski definition) is 1. The number of benzene rings is 1. The fourth-order valence-corrected chi connectivity index (χ4v) is 3.11. The van der Waals surface area contributed by atoms with Gasteiger partial charge in [-0.1, -0.05) is 11.6 Å². The number of hydrogen-bond acceptors (Lipinski definition) is 3. The van der Waals surface area contributed by atoms with Gasteiger partial charge in [0.2, 0.25) is 0 Å². The van der Waals surface area contributed by atoms with Gasteiger partial charge in [0.05, 0.1) is 11.3 Å². The summed E-state index contributed by atoms with van der Waals surface area (Å²) in [5.74, 6) is 0.804. The van der Waals surface area contributed by atoms with Crippen LogP contribution in [0.15, 0.2) is 18.2 Å². The van der Waals surface area contributed by atoms with E-state index in [2.05, 4.69) is 16.3 Å². The summed E-state index contributed by atoms with van der Waals surface area (Å²) in [6.07, 6.45) is 5.14. The van der Waals surface area contributed by atoms with Gasteiger partial charge in [-0.2, -0.15) is 5.26 Å². The highest BCUT2D eigenvalue weighted by atomic mass is 35.5. The Kier molecular flexibility index (Phi) is 4.14. The average molecular weight is 290 g/mol. The molecular formula is C16H20ClN3. The van der Waals surface area contributed by atoms with Crippen LogP contribution in [0.1, 0.15) is 31.2 Å². The minimum Gasteiger partial charge on any atom is -0.369 e. The molecule has 1 atom stereocenters. The minimum atomic E-state index is 0.552. The molecule has 20 heavy (non-hydrogen) atoms. The lowest BCUT2D eigenvalue weighted by atomic mass is 10.1. The summed E-state index contributed by atoms with van der Waals surface area (Å²) in [7, 11) is 0. The molecule has 0 bridgehead atoms. The van der Waals surface area contributed by atoms with Crippen LogP contribution in [0.4, 0.5) is 5.69 Å². The van der Waals surface area contributed by atoms with Gasteiger partial charge in [-0.05, 0) is 56.3 Å². The molecular weight excluding hydrogens is 270 g/mol. The smallest absolute Gasteiger partial charge is 0.101 e. The van der Waals surface area contributed by atoms with Gasteiger partial charge in [0.25, 0.3) is 0 Å². The van der Waals surface area contributed by atoms with Crippen LogP contribution in [0.2, 0.25) is 5.02 Å². The van der Waals surface area contributed by atoms with Gasteiger partial charge in [0.15, 0.2) is 0 Å². The summed E-state index contributed by atoms with van der Waals surface area (Å²) in [5.41, 5.74) is 1.73. The summed E-state index contributed by atoms with van der Waals surface area (Å²) < 4.78 is 0. The monoisotopic (exact) mass is 289 g/mol. The Morgan fingerprint density at radius 1 is 1.30 bits per heavy atom. The van der Waals surface area contributed by atoms with Crippen LogP contribution in [-0.4, -0.2) is 25.7 Å². The van der Waals surface area contributed by atoms with Crippen LogP contribution >= 0.6 is 11.6 Å². The fraction of sp³-hybridized carbons (Fsp3) is 0.562. The second-order valence-corrected chi connectivity index (χ2v) is 6.35. The molecule has 1 aromatic carbocycles. The van der Waals surface area contributed by atoms with E-state index in [-0.39, 0.29) is 0 Å². The summed E-state index contributed by atoms with van der Waals surface area (Å²) in [6, 6.07) is 8.50. The number of halogens is 1. The molecule has 1 aliphatic carbocycles. The number of anilines is 1. The maximum Gasteiger partial charge on any atom is 0.101 e. The van der Waals surface area contributed by atoms with E-state index in [0.717, 1.165) is 31.2 Å². The number of nitriles is 1. The first-order chi connectivity index (χ1) is 9.76. The lowest BCUT2D eigenvalue weighted by molar-refractivity contribution is 0.570. The largest absolute Gasteiger partial charge is 0.369 e. The Labute approximate surface area is 125 Å². The predicted molar refractivity (Wildman–Crippen MR) is 82.1 cm³/mol. The van der Waals surface area contributed by atoms with E-state index in [0.29, 0.717) is 16.6 Å². The molecule has 2 aliphatic rings. The second-order valence-electron chi connectivity index (χ2n) is 5.91. The van der Waals surface area contributed by atoms with Crippen LogP contribution in [0.5, 0.6) is 0 Å². The molecule has 3 rings (SSSR count). The Hall–Kier alpha value is -1.24. The third kappa shape index (κ3) is 3.26. The summed E-state index contributed by atoms with van der Waals surface area (Å²) in [4.78, 5) is 2.38. The van der Waals surface area contributed by atoms with Gasteiger partial charge in [0, 0.05) is 24.2 Å². The molecule has 1 saturated carbocycles. The van der Waals surface area contributed by atoms with Crippen molar-refractivity contribution in [3.05, 3.63) is 28.8 Å². The number of rotatable bonds is 5. The van der Waals surface area contributed by atoms with E-state index in [1.807, 2.05) is 12.1 Å². The summed E-state index contributed by atoms with van der Waals surface area (Å²) in [5, 5.41) is 13.5. The predicted octanol–water partition coefficient (Wildman–Crippen LogP) is 3.18. The van der Waals surface area contributed by atoms with Gasteiger partial charge >= 0.3 is 0 Å². The molecule has 0 amide bonds. The normalized spacial score (nSPS) is 21.7. The van der Waals surface area contributed by atoms with Crippen LogP contribution in [-0.2, 0) is 0 Å². The lowest BCUT2D eigenvalue weighted by Gasteiger charge is -2.29. The maximum atomic E-state index is 9.35. The maximum absolute atomic E-state index is 9.35. The zero-order chi connectivity index (χ0) is 13.9. The van der Waals surface area contributed by atoms with Crippen molar-refractivity contribution in [1.29, 1.82) is 5.26 Å².